The molecule has 0 aliphatic carbocycles. The Morgan fingerprint density at radius 3 is 3.00 bits per heavy atom. The first-order valence-corrected chi connectivity index (χ1v) is 7.80. The van der Waals surface area contributed by atoms with Gasteiger partial charge in [-0.2, -0.15) is 0 Å². The number of thiophene rings is 1. The predicted octanol–water partition coefficient (Wildman–Crippen LogP) is 3.38. The zero-order valence-corrected chi connectivity index (χ0v) is 12.4. The van der Waals surface area contributed by atoms with Crippen molar-refractivity contribution in [3.8, 4) is 10.6 Å². The van der Waals surface area contributed by atoms with Crippen molar-refractivity contribution in [1.82, 2.24) is 15.1 Å². The highest BCUT2D eigenvalue weighted by Crippen LogP contribution is 2.27. The smallest absolute Gasteiger partial charge is 0.190 e. The van der Waals surface area contributed by atoms with Crippen LogP contribution in [-0.4, -0.2) is 15.1 Å². The van der Waals surface area contributed by atoms with Gasteiger partial charge in [0.15, 0.2) is 10.9 Å². The number of nitrogen functional groups attached to an aromatic ring is 1. The van der Waals surface area contributed by atoms with E-state index in [0.29, 0.717) is 16.7 Å². The number of rotatable bonds is 4. The minimum atomic E-state index is 0.486. The Hall–Kier alpha value is -1.86. The third-order valence-electron chi connectivity index (χ3n) is 2.53. The molecule has 0 bridgehead atoms. The van der Waals surface area contributed by atoms with Crippen LogP contribution in [0.15, 0.2) is 39.3 Å². The van der Waals surface area contributed by atoms with Crippen molar-refractivity contribution in [2.45, 2.75) is 17.8 Å². The van der Waals surface area contributed by atoms with Gasteiger partial charge < -0.3 is 10.3 Å². The first kappa shape index (κ1) is 13.1. The van der Waals surface area contributed by atoms with Crippen molar-refractivity contribution < 1.29 is 4.52 Å². The summed E-state index contributed by atoms with van der Waals surface area (Å²) in [5.41, 5.74) is 7.42. The molecule has 0 fully saturated rings. The number of aromatic nitrogens is 3. The lowest BCUT2D eigenvalue weighted by atomic mass is 10.3. The van der Waals surface area contributed by atoms with E-state index in [9.17, 15) is 0 Å². The molecule has 3 rings (SSSR count). The van der Waals surface area contributed by atoms with Gasteiger partial charge in [0.25, 0.3) is 0 Å². The summed E-state index contributed by atoms with van der Waals surface area (Å²) in [5.74, 6) is 1.93. The monoisotopic (exact) mass is 304 g/mol. The Bertz CT molecular complexity index is 689. The molecule has 2 N–H and O–H groups in total. The van der Waals surface area contributed by atoms with E-state index in [4.69, 9.17) is 10.3 Å². The molecule has 0 aliphatic heterocycles. The summed E-state index contributed by atoms with van der Waals surface area (Å²) in [6, 6.07) is 7.68. The topological polar surface area (TPSA) is 77.8 Å². The van der Waals surface area contributed by atoms with Crippen LogP contribution in [0.5, 0.6) is 0 Å². The summed E-state index contributed by atoms with van der Waals surface area (Å²) in [4.78, 5) is 9.57. The van der Waals surface area contributed by atoms with E-state index >= 15 is 0 Å². The number of hydrogen-bond donors (Lipinski definition) is 1. The normalized spacial score (nSPS) is 10.8. The Morgan fingerprint density at radius 2 is 2.25 bits per heavy atom. The molecule has 3 aromatic heterocycles. The van der Waals surface area contributed by atoms with Crippen molar-refractivity contribution in [3.05, 3.63) is 41.0 Å². The van der Waals surface area contributed by atoms with Gasteiger partial charge in [-0.25, -0.2) is 9.97 Å². The van der Waals surface area contributed by atoms with E-state index in [2.05, 4.69) is 15.1 Å². The first-order valence-electron chi connectivity index (χ1n) is 5.94. The average molecular weight is 304 g/mol. The van der Waals surface area contributed by atoms with Gasteiger partial charge in [0.2, 0.25) is 0 Å². The van der Waals surface area contributed by atoms with Gasteiger partial charge >= 0.3 is 0 Å². The fourth-order valence-corrected chi connectivity index (χ4v) is 3.15. The Kier molecular flexibility index (Phi) is 3.70. The van der Waals surface area contributed by atoms with Crippen LogP contribution in [0.1, 0.15) is 11.4 Å². The molecule has 0 spiro atoms. The van der Waals surface area contributed by atoms with E-state index in [1.54, 1.807) is 17.4 Å². The predicted molar refractivity (Wildman–Crippen MR) is 80.6 cm³/mol. The lowest BCUT2D eigenvalue weighted by Crippen LogP contribution is -1.96. The number of nitrogens with zero attached hydrogens (tertiary/aromatic N) is 3. The number of aryl methyl sites for hydroxylation is 1. The van der Waals surface area contributed by atoms with Crippen LogP contribution in [0.2, 0.25) is 0 Å². The van der Waals surface area contributed by atoms with E-state index in [-0.39, 0.29) is 0 Å². The highest BCUT2D eigenvalue weighted by molar-refractivity contribution is 7.98. The van der Waals surface area contributed by atoms with Gasteiger partial charge in [0.1, 0.15) is 5.82 Å². The van der Waals surface area contributed by atoms with Crippen LogP contribution in [-0.2, 0) is 5.75 Å². The van der Waals surface area contributed by atoms with Gasteiger partial charge in [-0.15, -0.1) is 11.3 Å². The number of nitrogens with two attached hydrogens (primary N) is 1. The zero-order chi connectivity index (χ0) is 13.9. The fraction of sp³-hybridized carbons (Fsp3) is 0.154. The van der Waals surface area contributed by atoms with Crippen LogP contribution >= 0.6 is 23.1 Å². The molecule has 0 aromatic carbocycles. The zero-order valence-electron chi connectivity index (χ0n) is 10.7. The second-order valence-electron chi connectivity index (χ2n) is 4.17. The van der Waals surface area contributed by atoms with Crippen molar-refractivity contribution >= 4 is 28.9 Å². The quantitative estimate of drug-likeness (QED) is 0.588. The summed E-state index contributed by atoms with van der Waals surface area (Å²) < 4.78 is 5.33. The van der Waals surface area contributed by atoms with Gasteiger partial charge in [-0.1, -0.05) is 23.0 Å². The Morgan fingerprint density at radius 1 is 1.35 bits per heavy atom. The van der Waals surface area contributed by atoms with E-state index < -0.39 is 0 Å². The van der Waals surface area contributed by atoms with Crippen LogP contribution in [0, 0.1) is 6.92 Å². The van der Waals surface area contributed by atoms with Gasteiger partial charge in [-0.05, 0) is 18.4 Å². The summed E-state index contributed by atoms with van der Waals surface area (Å²) in [6.07, 6.45) is 0. The highest BCUT2D eigenvalue weighted by Gasteiger charge is 2.09. The van der Waals surface area contributed by atoms with Crippen LogP contribution in [0.3, 0.4) is 0 Å². The number of hydrogen-bond acceptors (Lipinski definition) is 7. The third kappa shape index (κ3) is 3.00. The highest BCUT2D eigenvalue weighted by atomic mass is 32.2. The molecule has 102 valence electrons. The van der Waals surface area contributed by atoms with Crippen LogP contribution in [0.4, 0.5) is 5.82 Å². The van der Waals surface area contributed by atoms with Crippen LogP contribution < -0.4 is 5.73 Å². The summed E-state index contributed by atoms with van der Waals surface area (Å²) in [5, 5.41) is 6.72. The van der Waals surface area contributed by atoms with E-state index in [1.807, 2.05) is 30.5 Å². The summed E-state index contributed by atoms with van der Waals surface area (Å²) >= 11 is 3.12. The standard InChI is InChI=1S/C13H12N4OS2/c1-8-5-12(14)16-13(15-8)20-7-9-6-10(18-17-9)11-3-2-4-19-11/h2-6H,7H2,1H3,(H2,14,15,16). The second kappa shape index (κ2) is 5.64. The molecule has 0 saturated heterocycles. The van der Waals surface area contributed by atoms with Crippen molar-refractivity contribution in [2.24, 2.45) is 0 Å². The minimum absolute atomic E-state index is 0.486. The molecule has 7 heteroatoms. The maximum Gasteiger partial charge on any atom is 0.190 e. The maximum absolute atomic E-state index is 5.70. The van der Waals surface area contributed by atoms with Crippen molar-refractivity contribution in [3.63, 3.8) is 0 Å². The lowest BCUT2D eigenvalue weighted by Gasteiger charge is -2.00. The largest absolute Gasteiger partial charge is 0.384 e. The third-order valence-corrected chi connectivity index (χ3v) is 4.29. The molecular weight excluding hydrogens is 292 g/mol. The Labute approximate surface area is 124 Å². The van der Waals surface area contributed by atoms with Gasteiger partial charge in [-0.3, -0.25) is 0 Å². The number of anilines is 1. The van der Waals surface area contributed by atoms with Crippen LogP contribution in [0.25, 0.3) is 10.6 Å². The van der Waals surface area contributed by atoms with E-state index in [1.165, 1.54) is 11.8 Å². The molecule has 0 aliphatic rings. The summed E-state index contributed by atoms with van der Waals surface area (Å²) in [7, 11) is 0. The molecule has 0 unspecified atom stereocenters. The van der Waals surface area contributed by atoms with E-state index in [0.717, 1.165) is 22.0 Å². The SMILES string of the molecule is Cc1cc(N)nc(SCc2cc(-c3cccs3)on2)n1. The minimum Gasteiger partial charge on any atom is -0.384 e. The molecule has 0 amide bonds. The molecule has 3 aromatic rings. The molecule has 0 saturated carbocycles. The van der Waals surface area contributed by atoms with Gasteiger partial charge in [0, 0.05) is 23.6 Å². The molecule has 3 heterocycles. The molecule has 20 heavy (non-hydrogen) atoms. The molecule has 5 nitrogen and oxygen atoms in total. The first-order chi connectivity index (χ1) is 9.70. The van der Waals surface area contributed by atoms with Crippen molar-refractivity contribution in [2.75, 3.05) is 5.73 Å². The Balaban J connectivity index is 1.69. The molecule has 0 atom stereocenters. The molecular formula is C13H12N4OS2. The maximum atomic E-state index is 5.70. The second-order valence-corrected chi connectivity index (χ2v) is 6.06. The number of thioether (sulfide) groups is 1. The lowest BCUT2D eigenvalue weighted by molar-refractivity contribution is 0.427. The van der Waals surface area contributed by atoms with Gasteiger partial charge in [0.05, 0.1) is 10.6 Å². The average Bonchev–Trinajstić information content (AvgIpc) is 3.06. The fourth-order valence-electron chi connectivity index (χ4n) is 1.68. The van der Waals surface area contributed by atoms with Crippen molar-refractivity contribution in [1.29, 1.82) is 0 Å². The molecule has 0 radical (unpaired) electrons. The summed E-state index contributed by atoms with van der Waals surface area (Å²) in [6.45, 7) is 1.90.